The van der Waals surface area contributed by atoms with Gasteiger partial charge in [0.25, 0.3) is 0 Å². The zero-order valence-electron chi connectivity index (χ0n) is 13.4. The Morgan fingerprint density at radius 3 is 1.00 bits per heavy atom. The predicted molar refractivity (Wildman–Crippen MR) is 67.6 cm³/mol. The molecule has 0 heterocycles. The Labute approximate surface area is 92.5 Å². The molecule has 0 N–H and O–H groups in total. The fraction of sp³-hybridized carbons (Fsp3) is 0.714. The van der Waals surface area contributed by atoms with E-state index in [9.17, 15) is 0 Å². The molecule has 0 aromatic carbocycles. The summed E-state index contributed by atoms with van der Waals surface area (Å²) in [6.07, 6.45) is 16.4. The summed E-state index contributed by atoms with van der Waals surface area (Å²) in [5, 5.41) is 0. The van der Waals surface area contributed by atoms with Crippen molar-refractivity contribution in [3.8, 4) is 0 Å². The van der Waals surface area contributed by atoms with Gasteiger partial charge < -0.3 is 25.7 Å². The first-order valence-corrected chi connectivity index (χ1v) is 6.02. The molecule has 0 unspecified atom stereocenters. The Kier molecular flexibility index (Phi) is 107. The molecule has 0 aromatic heterocycles. The van der Waals surface area contributed by atoms with Gasteiger partial charge >= 0.3 is 0 Å². The van der Waals surface area contributed by atoms with E-state index < -0.39 is 0 Å². The van der Waals surface area contributed by atoms with Gasteiger partial charge in [0, 0.05) is 0 Å². The van der Waals surface area contributed by atoms with Crippen molar-refractivity contribution in [3.63, 3.8) is 0 Å². The first kappa shape index (κ1) is 37.0. The van der Waals surface area contributed by atoms with Gasteiger partial charge in [-0.15, -0.1) is 0 Å². The zero-order chi connectivity index (χ0) is 11.1. The molecule has 0 radical (unpaired) electrons. The molecule has 0 rings (SSSR count). The molecule has 4 heteroatoms. The molecule has 18 heavy (non-hydrogen) atoms. The topological polar surface area (TPSA) is 0 Å². The Balaban J connectivity index is -0.0000000327. The first-order chi connectivity index (χ1) is 6.83. The summed E-state index contributed by atoms with van der Waals surface area (Å²) in [4.78, 5) is 0. The van der Waals surface area contributed by atoms with Crippen LogP contribution in [0.3, 0.4) is 0 Å². The Morgan fingerprint density at radius 1 is 0.556 bits per heavy atom. The third-order valence-corrected chi connectivity index (χ3v) is 1.90. The van der Waals surface area contributed by atoms with Crippen molar-refractivity contribution in [2.75, 3.05) is 0 Å². The van der Waals surface area contributed by atoms with Crippen molar-refractivity contribution >= 4 is 0 Å². The van der Waals surface area contributed by atoms with E-state index in [-0.39, 0.29) is 0 Å². The van der Waals surface area contributed by atoms with Crippen LogP contribution in [0, 0.1) is 25.7 Å². The van der Waals surface area contributed by atoms with Crippen molar-refractivity contribution in [1.29, 1.82) is 0 Å². The molecular weight excluding hydrogens is 1240 g/mol. The minimum absolute atomic E-state index is 0. The van der Waals surface area contributed by atoms with E-state index >= 15 is 0 Å². The van der Waals surface area contributed by atoms with Crippen LogP contribution in [0.4, 0.5) is 0 Å². The average molecular weight is 1260 g/mol. The fourth-order valence-corrected chi connectivity index (χ4v) is 0.977. The number of hydrogen-bond acceptors (Lipinski definition) is 0. The minimum Gasteiger partial charge on any atom is -0.334 e. The molecule has 0 aliphatic rings. The van der Waals surface area contributed by atoms with Gasteiger partial charge in [-0.1, -0.05) is 13.8 Å². The van der Waals surface area contributed by atoms with Crippen LogP contribution in [0.2, 0.25) is 0 Å². The third kappa shape index (κ3) is 90.8. The quantitative estimate of drug-likeness (QED) is 0.232. The maximum atomic E-state index is 2.31. The van der Waals surface area contributed by atoms with E-state index in [1.54, 1.807) is 0 Å². The SMILES string of the molecule is C[CH-]CC[CH-]CC.C[CH-]CC[CH-]CC.[Rf].[Rf].[Rf].[Rf]. The molecule has 0 saturated heterocycles. The molecule has 96 valence electrons. The van der Waals surface area contributed by atoms with Gasteiger partial charge in [-0.25, -0.2) is 25.7 Å². The van der Waals surface area contributed by atoms with E-state index in [4.69, 9.17) is 0 Å². The monoisotopic (exact) mass is 1260 g/mol. The first-order valence-electron chi connectivity index (χ1n) is 6.02. The molecule has 0 fully saturated rings. The summed E-state index contributed by atoms with van der Waals surface area (Å²) in [5.74, 6) is 0. The minimum atomic E-state index is 0. The second kappa shape index (κ2) is 52.0. The predicted octanol–water partition coefficient (Wildman–Crippen LogP) is 5.21. The van der Waals surface area contributed by atoms with Crippen LogP contribution in [0.15, 0.2) is 0 Å². The van der Waals surface area contributed by atoms with Crippen LogP contribution < -0.4 is 0 Å². The zero-order valence-corrected chi connectivity index (χ0v) is 39.0. The molecule has 0 saturated carbocycles. The van der Waals surface area contributed by atoms with Crippen molar-refractivity contribution in [2.24, 2.45) is 0 Å². The van der Waals surface area contributed by atoms with E-state index in [0.29, 0.717) is 0 Å². The second-order valence-electron chi connectivity index (χ2n) is 3.37. The van der Waals surface area contributed by atoms with Gasteiger partial charge in [-0.3, -0.25) is 0 Å². The van der Waals surface area contributed by atoms with Crippen LogP contribution in [0.1, 0.15) is 66.2 Å². The van der Waals surface area contributed by atoms with Crippen molar-refractivity contribution in [2.45, 2.75) is 66.2 Å². The Bertz CT molecular complexity index is 62.2. The molecule has 0 aliphatic heterocycles. The number of unbranched alkanes of at least 4 members (excludes halogenated alkanes) is 8. The van der Waals surface area contributed by atoms with Crippen molar-refractivity contribution in [3.05, 3.63) is 25.7 Å². The molecule has 0 nitrogen and oxygen atoms in total. The molecule has 0 aliphatic carbocycles. The van der Waals surface area contributed by atoms with E-state index in [0.717, 1.165) is 0 Å². The fourth-order valence-electron chi connectivity index (χ4n) is 0.977. The van der Waals surface area contributed by atoms with Crippen molar-refractivity contribution in [1.82, 2.24) is 0 Å². The van der Waals surface area contributed by atoms with E-state index in [1.165, 1.54) is 38.5 Å². The second-order valence-corrected chi connectivity index (χ2v) is 3.37. The van der Waals surface area contributed by atoms with Crippen LogP contribution in [0.5, 0.6) is 0 Å². The summed E-state index contributed by atoms with van der Waals surface area (Å²) in [5.41, 5.74) is 0. The maximum Gasteiger partial charge on any atom is 0 e. The van der Waals surface area contributed by atoms with Gasteiger partial charge in [0.1, 0.15) is 0 Å². The van der Waals surface area contributed by atoms with Crippen LogP contribution in [-0.2, 0) is 0 Å². The molecule has 0 spiro atoms. The Hall–Kier alpha value is -4.00. The maximum absolute atomic E-state index is 2.31. The van der Waals surface area contributed by atoms with Gasteiger partial charge in [-0.2, -0.15) is 26.7 Å². The summed E-state index contributed by atoms with van der Waals surface area (Å²) in [6.45, 7) is 8.55. The third-order valence-electron chi connectivity index (χ3n) is 1.90. The summed E-state index contributed by atoms with van der Waals surface area (Å²) < 4.78 is 0. The van der Waals surface area contributed by atoms with E-state index in [1.807, 2.05) is 0 Å². The van der Waals surface area contributed by atoms with Gasteiger partial charge in [0.2, 0.25) is 0 Å². The van der Waals surface area contributed by atoms with Crippen LogP contribution >= 0.6 is 0 Å². The smallest absolute Gasteiger partial charge is 0 e. The molecule has 0 atom stereocenters. The standard InChI is InChI=1S/2C7H14.4Rf/c2*1-3-5-7-6-4-2;;;;/h2*3,6H,4-5,7H2,1-2H3;;;;/q2*-2;;;;. The number of rotatable bonds is 8. The average Bonchev–Trinajstić information content (AvgIpc) is 2.21. The summed E-state index contributed by atoms with van der Waals surface area (Å²) >= 11 is 0. The van der Waals surface area contributed by atoms with Crippen LogP contribution in [0.25, 0.3) is 0 Å². The molecule has 0 bridgehead atoms. The molecule has 0 amide bonds. The molecule has 0 aromatic rings. The Morgan fingerprint density at radius 2 is 0.833 bits per heavy atom. The van der Waals surface area contributed by atoms with Gasteiger partial charge in [0.05, 0.1) is 0 Å². The summed E-state index contributed by atoms with van der Waals surface area (Å²) in [6, 6.07) is 0. The largest absolute Gasteiger partial charge is 0.334 e. The van der Waals surface area contributed by atoms with Gasteiger partial charge in [0.15, 0.2) is 0 Å². The van der Waals surface area contributed by atoms with Crippen molar-refractivity contribution < 1.29 is 0 Å². The normalized spacial score (nSPS) is 7.33. The molecular formula is C14H28Rf4-4. The van der Waals surface area contributed by atoms with E-state index in [2.05, 4.69) is 53.4 Å². The van der Waals surface area contributed by atoms with Crippen LogP contribution in [-0.4, -0.2) is 0 Å². The van der Waals surface area contributed by atoms with Gasteiger partial charge in [-0.05, 0) is 0 Å². The number of hydrogen-bond donors (Lipinski definition) is 0. The summed E-state index contributed by atoms with van der Waals surface area (Å²) in [7, 11) is 0.